The largest absolute Gasteiger partial charge is 0.229 e. The number of sulfone groups is 1. The summed E-state index contributed by atoms with van der Waals surface area (Å²) in [5, 5.41) is -0.785. The van der Waals surface area contributed by atoms with Crippen LogP contribution in [0.4, 0.5) is 8.78 Å². The van der Waals surface area contributed by atoms with Crippen LogP contribution in [0.2, 0.25) is 0 Å². The lowest BCUT2D eigenvalue weighted by molar-refractivity contribution is 0.564. The fraction of sp³-hybridized carbons (Fsp3) is 0.400. The molecule has 2 unspecified atom stereocenters. The van der Waals surface area contributed by atoms with Crippen LogP contribution in [0.3, 0.4) is 0 Å². The van der Waals surface area contributed by atoms with E-state index in [0.29, 0.717) is 0 Å². The first-order chi connectivity index (χ1) is 7.23. The Balaban J connectivity index is 3.10. The zero-order valence-electron chi connectivity index (χ0n) is 8.75. The number of halogens is 3. The van der Waals surface area contributed by atoms with Gasteiger partial charge in [-0.15, -0.1) is 0 Å². The van der Waals surface area contributed by atoms with Crippen molar-refractivity contribution in [3.8, 4) is 0 Å². The van der Waals surface area contributed by atoms with Gasteiger partial charge in [0.2, 0.25) is 0 Å². The van der Waals surface area contributed by atoms with Gasteiger partial charge in [0.15, 0.2) is 9.84 Å². The summed E-state index contributed by atoms with van der Waals surface area (Å²) in [6.07, 6.45) is 1.08. The Labute approximate surface area is 102 Å². The Hall–Kier alpha value is -0.490. The molecular formula is C10H11BrF2O2S. The molecule has 90 valence electrons. The molecule has 0 aliphatic rings. The Kier molecular flexibility index (Phi) is 4.07. The summed E-state index contributed by atoms with van der Waals surface area (Å²) in [7, 11) is -3.28. The highest BCUT2D eigenvalue weighted by Gasteiger charge is 2.27. The molecule has 0 aromatic heterocycles. The van der Waals surface area contributed by atoms with Crippen molar-refractivity contribution in [1.82, 2.24) is 0 Å². The van der Waals surface area contributed by atoms with Crippen LogP contribution in [0.25, 0.3) is 0 Å². The van der Waals surface area contributed by atoms with E-state index >= 15 is 0 Å². The zero-order valence-corrected chi connectivity index (χ0v) is 11.1. The third-order valence-electron chi connectivity index (χ3n) is 2.35. The van der Waals surface area contributed by atoms with Gasteiger partial charge in [0.05, 0.1) is 10.1 Å². The second-order valence-electron chi connectivity index (χ2n) is 3.60. The van der Waals surface area contributed by atoms with Gasteiger partial charge in [-0.1, -0.05) is 22.0 Å². The first-order valence-electron chi connectivity index (χ1n) is 4.51. The predicted molar refractivity (Wildman–Crippen MR) is 62.3 cm³/mol. The van der Waals surface area contributed by atoms with Gasteiger partial charge >= 0.3 is 0 Å². The molecule has 6 heteroatoms. The molecule has 0 radical (unpaired) electrons. The first kappa shape index (κ1) is 13.6. The van der Waals surface area contributed by atoms with Crippen molar-refractivity contribution in [2.45, 2.75) is 17.0 Å². The summed E-state index contributed by atoms with van der Waals surface area (Å²) >= 11 is 3.12. The SMILES string of the molecule is CC(C(Br)c1ccc(F)cc1F)S(C)(=O)=O. The summed E-state index contributed by atoms with van der Waals surface area (Å²) in [6.45, 7) is 1.47. The van der Waals surface area contributed by atoms with Crippen LogP contribution in [0, 0.1) is 11.6 Å². The maximum absolute atomic E-state index is 13.4. The number of hydrogen-bond acceptors (Lipinski definition) is 2. The summed E-state index contributed by atoms with van der Waals surface area (Å²) in [5.74, 6) is -1.44. The summed E-state index contributed by atoms with van der Waals surface area (Å²) < 4.78 is 48.7. The molecule has 0 fully saturated rings. The van der Waals surface area contributed by atoms with Crippen LogP contribution in [0.15, 0.2) is 18.2 Å². The fourth-order valence-electron chi connectivity index (χ4n) is 1.20. The zero-order chi connectivity index (χ0) is 12.5. The molecule has 0 aliphatic heterocycles. The molecule has 2 nitrogen and oxygen atoms in total. The number of alkyl halides is 1. The molecule has 0 amide bonds. The Morgan fingerprint density at radius 3 is 2.31 bits per heavy atom. The molecule has 2 atom stereocenters. The minimum atomic E-state index is -3.28. The van der Waals surface area contributed by atoms with Crippen LogP contribution in [-0.2, 0) is 9.84 Å². The van der Waals surface area contributed by atoms with Gasteiger partial charge in [-0.25, -0.2) is 17.2 Å². The van der Waals surface area contributed by atoms with Crippen LogP contribution in [0.5, 0.6) is 0 Å². The van der Waals surface area contributed by atoms with E-state index in [0.717, 1.165) is 18.4 Å². The summed E-state index contributed by atoms with van der Waals surface area (Å²) in [5.41, 5.74) is 0.138. The quantitative estimate of drug-likeness (QED) is 0.804. The monoisotopic (exact) mass is 312 g/mol. The topological polar surface area (TPSA) is 34.1 Å². The van der Waals surface area contributed by atoms with Gasteiger partial charge in [-0.05, 0) is 13.0 Å². The lowest BCUT2D eigenvalue weighted by Crippen LogP contribution is -2.21. The number of hydrogen-bond donors (Lipinski definition) is 0. The maximum atomic E-state index is 13.4. The highest BCUT2D eigenvalue weighted by atomic mass is 79.9. The van der Waals surface area contributed by atoms with Crippen molar-refractivity contribution in [2.75, 3.05) is 6.26 Å². The third-order valence-corrected chi connectivity index (χ3v) is 5.61. The molecule has 0 aliphatic carbocycles. The molecule has 16 heavy (non-hydrogen) atoms. The second-order valence-corrected chi connectivity index (χ2v) is 6.99. The molecular weight excluding hydrogens is 302 g/mol. The molecule has 0 saturated heterocycles. The van der Waals surface area contributed by atoms with Gasteiger partial charge in [0.1, 0.15) is 11.6 Å². The number of rotatable bonds is 3. The Bertz CT molecular complexity index is 488. The average molecular weight is 313 g/mol. The van der Waals surface area contributed by atoms with E-state index in [2.05, 4.69) is 15.9 Å². The average Bonchev–Trinajstić information content (AvgIpc) is 2.14. The van der Waals surface area contributed by atoms with E-state index in [1.165, 1.54) is 13.0 Å². The van der Waals surface area contributed by atoms with Crippen molar-refractivity contribution in [3.63, 3.8) is 0 Å². The molecule has 0 spiro atoms. The highest BCUT2D eigenvalue weighted by molar-refractivity contribution is 9.09. The van der Waals surface area contributed by atoms with Crippen molar-refractivity contribution < 1.29 is 17.2 Å². The van der Waals surface area contributed by atoms with E-state index in [1.807, 2.05) is 0 Å². The molecule has 1 rings (SSSR count). The molecule has 0 saturated carbocycles. The van der Waals surface area contributed by atoms with E-state index in [-0.39, 0.29) is 5.56 Å². The molecule has 0 bridgehead atoms. The fourth-order valence-corrected chi connectivity index (χ4v) is 3.32. The molecule has 1 aromatic carbocycles. The highest BCUT2D eigenvalue weighted by Crippen LogP contribution is 2.32. The summed E-state index contributed by atoms with van der Waals surface area (Å²) in [6, 6.07) is 3.08. The van der Waals surface area contributed by atoms with Crippen LogP contribution < -0.4 is 0 Å². The first-order valence-corrected chi connectivity index (χ1v) is 7.38. The minimum absolute atomic E-state index is 0.138. The normalized spacial score (nSPS) is 15.8. The third kappa shape index (κ3) is 3.01. The van der Waals surface area contributed by atoms with E-state index < -0.39 is 31.5 Å². The van der Waals surface area contributed by atoms with E-state index in [9.17, 15) is 17.2 Å². The van der Waals surface area contributed by atoms with Crippen molar-refractivity contribution in [3.05, 3.63) is 35.4 Å². The van der Waals surface area contributed by atoms with Crippen molar-refractivity contribution in [1.29, 1.82) is 0 Å². The van der Waals surface area contributed by atoms with Crippen molar-refractivity contribution in [2.24, 2.45) is 0 Å². The smallest absolute Gasteiger partial charge is 0.151 e. The van der Waals surface area contributed by atoms with Gasteiger partial charge in [0.25, 0.3) is 0 Å². The van der Waals surface area contributed by atoms with Gasteiger partial charge in [-0.3, -0.25) is 0 Å². The standard InChI is InChI=1S/C10H11BrF2O2S/c1-6(16(2,14)15)10(11)8-4-3-7(12)5-9(8)13/h3-6,10H,1-2H3. The maximum Gasteiger partial charge on any atom is 0.151 e. The van der Waals surface area contributed by atoms with Crippen molar-refractivity contribution >= 4 is 25.8 Å². The van der Waals surface area contributed by atoms with Crippen LogP contribution in [0.1, 0.15) is 17.3 Å². The van der Waals surface area contributed by atoms with Crippen LogP contribution >= 0.6 is 15.9 Å². The lowest BCUT2D eigenvalue weighted by atomic mass is 10.1. The minimum Gasteiger partial charge on any atom is -0.229 e. The molecule has 0 N–H and O–H groups in total. The van der Waals surface area contributed by atoms with Gasteiger partial charge < -0.3 is 0 Å². The number of benzene rings is 1. The van der Waals surface area contributed by atoms with Gasteiger partial charge in [0, 0.05) is 17.9 Å². The molecule has 1 aromatic rings. The van der Waals surface area contributed by atoms with E-state index in [1.54, 1.807) is 0 Å². The van der Waals surface area contributed by atoms with Crippen LogP contribution in [-0.4, -0.2) is 19.9 Å². The Morgan fingerprint density at radius 2 is 1.88 bits per heavy atom. The van der Waals surface area contributed by atoms with E-state index in [4.69, 9.17) is 0 Å². The predicted octanol–water partition coefficient (Wildman–Crippen LogP) is 2.83. The Morgan fingerprint density at radius 1 is 1.31 bits per heavy atom. The second kappa shape index (κ2) is 4.79. The lowest BCUT2D eigenvalue weighted by Gasteiger charge is -2.17. The molecule has 0 heterocycles. The summed E-state index contributed by atoms with van der Waals surface area (Å²) in [4.78, 5) is -0.692. The van der Waals surface area contributed by atoms with Gasteiger partial charge in [-0.2, -0.15) is 0 Å².